The van der Waals surface area contributed by atoms with Gasteiger partial charge in [-0.3, -0.25) is 14.2 Å². The van der Waals surface area contributed by atoms with Crippen molar-refractivity contribution in [2.45, 2.75) is 0 Å². The topological polar surface area (TPSA) is 102 Å². The van der Waals surface area contributed by atoms with E-state index in [1.54, 1.807) is 55.0 Å². The van der Waals surface area contributed by atoms with Crippen molar-refractivity contribution in [2.24, 2.45) is 0 Å². The van der Waals surface area contributed by atoms with Gasteiger partial charge in [0.1, 0.15) is 22.8 Å². The van der Waals surface area contributed by atoms with Gasteiger partial charge in [-0.15, -0.1) is 0 Å². The molecule has 33 heavy (non-hydrogen) atoms. The summed E-state index contributed by atoms with van der Waals surface area (Å²) in [5.41, 5.74) is 0.160. The number of nitrogens with one attached hydrogen (secondary N) is 2. The lowest BCUT2D eigenvalue weighted by atomic mass is 10.2. The zero-order valence-corrected chi connectivity index (χ0v) is 17.0. The molecule has 0 saturated carbocycles. The molecule has 0 spiro atoms. The third-order valence-electron chi connectivity index (χ3n) is 4.92. The number of aromatic amines is 1. The summed E-state index contributed by atoms with van der Waals surface area (Å²) in [5, 5.41) is 3.26. The molecule has 4 heterocycles. The highest BCUT2D eigenvalue weighted by atomic mass is 19.1. The lowest BCUT2D eigenvalue weighted by Crippen LogP contribution is -2.28. The second-order valence-corrected chi connectivity index (χ2v) is 7.04. The zero-order valence-electron chi connectivity index (χ0n) is 17.0. The molecule has 5 rings (SSSR count). The Bertz CT molecular complexity index is 1530. The minimum Gasteiger partial charge on any atom is -0.453 e. The summed E-state index contributed by atoms with van der Waals surface area (Å²) in [5.74, 6) is -0.527. The first-order valence-electron chi connectivity index (χ1n) is 9.94. The van der Waals surface area contributed by atoms with Gasteiger partial charge in [0.2, 0.25) is 0 Å². The Morgan fingerprint density at radius 1 is 1.00 bits per heavy atom. The smallest absolute Gasteiger partial charge is 0.269 e. The van der Waals surface area contributed by atoms with Crippen molar-refractivity contribution < 1.29 is 13.9 Å². The number of hydrogen-bond donors (Lipinski definition) is 2. The number of nitrogens with zero attached hydrogens (tertiary/aromatic N) is 3. The fourth-order valence-electron chi connectivity index (χ4n) is 3.35. The van der Waals surface area contributed by atoms with Crippen molar-refractivity contribution in [3.63, 3.8) is 0 Å². The number of H-pyrrole nitrogens is 1. The SMILES string of the molecule is O=C(Nc1ccc(Oc2ccnc3[nH]ccc23)c(F)c1)c1cccn(-c2ccccn2)c1=O. The number of carbonyl (C=O) groups excluding carboxylic acids is 1. The van der Waals surface area contributed by atoms with Gasteiger partial charge in [0, 0.05) is 36.5 Å². The highest BCUT2D eigenvalue weighted by molar-refractivity contribution is 6.04. The number of pyridine rings is 3. The monoisotopic (exact) mass is 441 g/mol. The molecule has 0 aliphatic rings. The average molecular weight is 441 g/mol. The number of ether oxygens (including phenoxy) is 1. The molecule has 1 amide bonds. The van der Waals surface area contributed by atoms with Crippen molar-refractivity contribution >= 4 is 22.6 Å². The van der Waals surface area contributed by atoms with Crippen LogP contribution in [0.15, 0.2) is 90.2 Å². The summed E-state index contributed by atoms with van der Waals surface area (Å²) < 4.78 is 21.7. The molecular formula is C24H16FN5O3. The molecule has 162 valence electrons. The van der Waals surface area contributed by atoms with Crippen LogP contribution < -0.4 is 15.6 Å². The van der Waals surface area contributed by atoms with Crippen LogP contribution in [0.1, 0.15) is 10.4 Å². The van der Waals surface area contributed by atoms with Gasteiger partial charge in [0.25, 0.3) is 11.5 Å². The van der Waals surface area contributed by atoms with Crippen LogP contribution >= 0.6 is 0 Å². The number of fused-ring (bicyclic) bond motifs is 1. The van der Waals surface area contributed by atoms with Crippen LogP contribution in [0.25, 0.3) is 16.9 Å². The van der Waals surface area contributed by atoms with Crippen molar-refractivity contribution in [3.8, 4) is 17.3 Å². The number of anilines is 1. The highest BCUT2D eigenvalue weighted by Crippen LogP contribution is 2.31. The van der Waals surface area contributed by atoms with E-state index >= 15 is 0 Å². The molecular weight excluding hydrogens is 425 g/mol. The van der Waals surface area contributed by atoms with E-state index in [0.29, 0.717) is 22.6 Å². The molecule has 0 saturated heterocycles. The van der Waals surface area contributed by atoms with E-state index in [1.165, 1.54) is 29.0 Å². The maximum absolute atomic E-state index is 14.7. The molecule has 0 aliphatic carbocycles. The van der Waals surface area contributed by atoms with Gasteiger partial charge >= 0.3 is 0 Å². The molecule has 9 heteroatoms. The predicted octanol–water partition coefficient (Wildman–Crippen LogP) is 4.29. The maximum atomic E-state index is 14.7. The Morgan fingerprint density at radius 2 is 1.91 bits per heavy atom. The fourth-order valence-corrected chi connectivity index (χ4v) is 3.35. The van der Waals surface area contributed by atoms with E-state index in [4.69, 9.17) is 4.74 Å². The van der Waals surface area contributed by atoms with E-state index < -0.39 is 17.3 Å². The van der Waals surface area contributed by atoms with Crippen LogP contribution in [0.2, 0.25) is 0 Å². The van der Waals surface area contributed by atoms with E-state index in [0.717, 1.165) is 6.07 Å². The van der Waals surface area contributed by atoms with Crippen LogP contribution in [0, 0.1) is 5.82 Å². The largest absolute Gasteiger partial charge is 0.453 e. The summed E-state index contributed by atoms with van der Waals surface area (Å²) >= 11 is 0. The van der Waals surface area contributed by atoms with Crippen LogP contribution in [-0.4, -0.2) is 25.4 Å². The van der Waals surface area contributed by atoms with Gasteiger partial charge in [0.05, 0.1) is 5.39 Å². The molecule has 0 unspecified atom stereocenters. The van der Waals surface area contributed by atoms with Crippen LogP contribution in [0.3, 0.4) is 0 Å². The molecule has 1 aromatic carbocycles. The van der Waals surface area contributed by atoms with Crippen molar-refractivity contribution in [1.82, 2.24) is 19.5 Å². The summed E-state index contributed by atoms with van der Waals surface area (Å²) in [7, 11) is 0. The summed E-state index contributed by atoms with van der Waals surface area (Å²) in [4.78, 5) is 36.7. The van der Waals surface area contributed by atoms with E-state index in [-0.39, 0.29) is 17.0 Å². The lowest BCUT2D eigenvalue weighted by molar-refractivity contribution is 0.102. The van der Waals surface area contributed by atoms with Gasteiger partial charge in [-0.2, -0.15) is 0 Å². The number of rotatable bonds is 5. The summed E-state index contributed by atoms with van der Waals surface area (Å²) in [6, 6.07) is 15.5. The Balaban J connectivity index is 1.37. The van der Waals surface area contributed by atoms with Crippen LogP contribution in [-0.2, 0) is 0 Å². The number of carbonyl (C=O) groups is 1. The van der Waals surface area contributed by atoms with Crippen LogP contribution in [0.5, 0.6) is 11.5 Å². The van der Waals surface area contributed by atoms with E-state index in [2.05, 4.69) is 20.3 Å². The number of amides is 1. The quantitative estimate of drug-likeness (QED) is 0.424. The normalized spacial score (nSPS) is 10.8. The molecule has 5 aromatic rings. The van der Waals surface area contributed by atoms with Gasteiger partial charge in [-0.05, 0) is 48.5 Å². The number of aromatic nitrogens is 4. The lowest BCUT2D eigenvalue weighted by Gasteiger charge is -2.11. The van der Waals surface area contributed by atoms with E-state index in [1.807, 2.05) is 0 Å². The molecule has 0 radical (unpaired) electrons. The second kappa shape index (κ2) is 8.39. The summed E-state index contributed by atoms with van der Waals surface area (Å²) in [6.07, 6.45) is 6.34. The van der Waals surface area contributed by atoms with Gasteiger partial charge in [-0.25, -0.2) is 14.4 Å². The molecule has 0 bridgehead atoms. The highest BCUT2D eigenvalue weighted by Gasteiger charge is 2.15. The third kappa shape index (κ3) is 3.94. The Hall–Kier alpha value is -4.79. The fraction of sp³-hybridized carbons (Fsp3) is 0. The second-order valence-electron chi connectivity index (χ2n) is 7.04. The number of halogens is 1. The standard InChI is InChI=1S/C24H16FN5O3/c25-18-14-15(6-7-20(18)33-19-9-12-28-22-16(19)8-11-27-22)29-23(31)17-4-3-13-30(24(17)32)21-5-1-2-10-26-21/h1-14H,(H,27,28)(H,29,31). The third-order valence-corrected chi connectivity index (χ3v) is 4.92. The number of benzene rings is 1. The first kappa shape index (κ1) is 20.1. The zero-order chi connectivity index (χ0) is 22.8. The van der Waals surface area contributed by atoms with Gasteiger partial charge in [-0.1, -0.05) is 6.07 Å². The van der Waals surface area contributed by atoms with Gasteiger partial charge in [0.15, 0.2) is 11.6 Å². The van der Waals surface area contributed by atoms with Crippen molar-refractivity contribution in [1.29, 1.82) is 0 Å². The predicted molar refractivity (Wildman–Crippen MR) is 120 cm³/mol. The Labute approximate surface area is 186 Å². The molecule has 2 N–H and O–H groups in total. The first-order chi connectivity index (χ1) is 16.1. The summed E-state index contributed by atoms with van der Waals surface area (Å²) in [6.45, 7) is 0. The first-order valence-corrected chi connectivity index (χ1v) is 9.94. The maximum Gasteiger partial charge on any atom is 0.269 e. The average Bonchev–Trinajstić information content (AvgIpc) is 3.31. The Morgan fingerprint density at radius 3 is 2.73 bits per heavy atom. The van der Waals surface area contributed by atoms with Crippen molar-refractivity contribution in [3.05, 3.63) is 107 Å². The molecule has 8 nitrogen and oxygen atoms in total. The molecule has 0 fully saturated rings. The minimum absolute atomic E-state index is 0.0149. The Kier molecular flexibility index (Phi) is 5.12. The van der Waals surface area contributed by atoms with Crippen molar-refractivity contribution in [2.75, 3.05) is 5.32 Å². The van der Waals surface area contributed by atoms with E-state index in [9.17, 15) is 14.0 Å². The molecule has 4 aromatic heterocycles. The molecule has 0 atom stereocenters. The minimum atomic E-state index is -0.674. The van der Waals surface area contributed by atoms with Crippen LogP contribution in [0.4, 0.5) is 10.1 Å². The molecule has 0 aliphatic heterocycles. The van der Waals surface area contributed by atoms with Gasteiger partial charge < -0.3 is 15.0 Å². The number of hydrogen-bond acceptors (Lipinski definition) is 5.